The van der Waals surface area contributed by atoms with Gasteiger partial charge in [-0.25, -0.2) is 8.78 Å². The van der Waals surface area contributed by atoms with Gasteiger partial charge in [-0.05, 0) is 92.5 Å². The molecule has 0 spiro atoms. The highest BCUT2D eigenvalue weighted by Gasteiger charge is 2.35. The van der Waals surface area contributed by atoms with Gasteiger partial charge in [0.1, 0.15) is 6.04 Å². The van der Waals surface area contributed by atoms with Crippen LogP contribution in [0.4, 0.5) is 26.0 Å². The van der Waals surface area contributed by atoms with E-state index in [0.717, 1.165) is 90.8 Å². The summed E-state index contributed by atoms with van der Waals surface area (Å²) in [5, 5.41) is 18.8. The molecule has 2 saturated heterocycles. The molecule has 4 aliphatic rings. The Bertz CT molecular complexity index is 2710. The Balaban J connectivity index is 0.783. The molecule has 4 aliphatic heterocycles. The van der Waals surface area contributed by atoms with Gasteiger partial charge >= 0.3 is 0 Å². The van der Waals surface area contributed by atoms with Crippen molar-refractivity contribution in [1.29, 1.82) is 0 Å². The van der Waals surface area contributed by atoms with E-state index in [9.17, 15) is 32.8 Å². The number of carbonyl (C=O) groups is 5. The number of likely N-dealkylation sites (tertiary alicyclic amines) is 1. The van der Waals surface area contributed by atoms with Crippen molar-refractivity contribution >= 4 is 57.6 Å². The number of hydrogen-bond donors (Lipinski definition) is 3. The van der Waals surface area contributed by atoms with Crippen LogP contribution in [0.1, 0.15) is 116 Å². The Morgan fingerprint density at radius 1 is 0.940 bits per heavy atom. The molecule has 2 fully saturated rings. The van der Waals surface area contributed by atoms with Crippen LogP contribution in [0.3, 0.4) is 0 Å². The van der Waals surface area contributed by atoms with Crippen molar-refractivity contribution in [2.75, 3.05) is 42.9 Å². The quantitative estimate of drug-likeness (QED) is 0.0821. The number of fused-ring (bicyclic) bond motifs is 3. The molecule has 1 unspecified atom stereocenters. The molecule has 2 aromatic carbocycles. The zero-order chi connectivity index (χ0) is 46.8. The van der Waals surface area contributed by atoms with Gasteiger partial charge in [0.25, 0.3) is 12.3 Å². The first-order chi connectivity index (χ1) is 32.4. The lowest BCUT2D eigenvalue weighted by Gasteiger charge is -2.34. The smallest absolute Gasteiger partial charge is 0.264 e. The van der Waals surface area contributed by atoms with Crippen LogP contribution in [-0.2, 0) is 45.6 Å². The van der Waals surface area contributed by atoms with E-state index in [1.165, 1.54) is 0 Å². The summed E-state index contributed by atoms with van der Waals surface area (Å²) >= 11 is 0. The fraction of sp³-hybridized carbons (Fsp3) is 0.469. The Hall–Kier alpha value is -6.72. The predicted molar refractivity (Wildman–Crippen MR) is 248 cm³/mol. The van der Waals surface area contributed by atoms with Crippen LogP contribution in [0, 0.1) is 0 Å². The fourth-order valence-corrected chi connectivity index (χ4v) is 10.1. The number of rotatable bonds is 14. The van der Waals surface area contributed by atoms with E-state index in [0.29, 0.717) is 74.3 Å². The second-order valence-electron chi connectivity index (χ2n) is 18.2. The summed E-state index contributed by atoms with van der Waals surface area (Å²) in [6.07, 6.45) is 10.5. The maximum Gasteiger partial charge on any atom is 0.264 e. The number of aryl methyl sites for hydroxylation is 2. The van der Waals surface area contributed by atoms with Gasteiger partial charge in [0.15, 0.2) is 5.82 Å². The maximum atomic E-state index is 14.7. The third-order valence-corrected chi connectivity index (χ3v) is 13.7. The van der Waals surface area contributed by atoms with Gasteiger partial charge < -0.3 is 25.3 Å². The average Bonchev–Trinajstić information content (AvgIpc) is 3.94. The SMILES string of the molecule is CC(=O)N1CCc2c(c(N3CCCc4cc(-c5cnn(C)c5)c(C(F)F)cc43)nn2C2CCN(C(=O)CCCCCCNc3ccc(C(=O)NC4CCC(=O)NC4=O)c4ncccc34)CC2)C1. The lowest BCUT2D eigenvalue weighted by molar-refractivity contribution is -0.135. The number of nitrogens with one attached hydrogen (secondary N) is 3. The second kappa shape index (κ2) is 19.6. The molecule has 1 atom stereocenters. The molecule has 9 rings (SSSR count). The predicted octanol–water partition coefficient (Wildman–Crippen LogP) is 6.52. The second-order valence-corrected chi connectivity index (χ2v) is 18.2. The molecule has 0 radical (unpaired) electrons. The van der Waals surface area contributed by atoms with Crippen LogP contribution >= 0.6 is 0 Å². The number of anilines is 3. The topological polar surface area (TPSA) is 180 Å². The number of amides is 5. The molecular weight excluding hydrogens is 861 g/mol. The van der Waals surface area contributed by atoms with Crippen molar-refractivity contribution in [3.8, 4) is 11.1 Å². The lowest BCUT2D eigenvalue weighted by atomic mass is 9.92. The Labute approximate surface area is 387 Å². The molecule has 0 bridgehead atoms. The lowest BCUT2D eigenvalue weighted by Crippen LogP contribution is -2.52. The molecule has 5 aromatic rings. The van der Waals surface area contributed by atoms with Crippen LogP contribution in [0.2, 0.25) is 0 Å². The first-order valence-corrected chi connectivity index (χ1v) is 23.5. The van der Waals surface area contributed by atoms with Gasteiger partial charge in [0.05, 0.1) is 29.9 Å². The molecule has 16 nitrogen and oxygen atoms in total. The molecule has 7 heterocycles. The van der Waals surface area contributed by atoms with Crippen molar-refractivity contribution in [3.63, 3.8) is 0 Å². The van der Waals surface area contributed by atoms with E-state index in [2.05, 4.69) is 35.6 Å². The highest BCUT2D eigenvalue weighted by molar-refractivity contribution is 6.10. The van der Waals surface area contributed by atoms with Gasteiger partial charge in [0.2, 0.25) is 23.6 Å². The monoisotopic (exact) mass is 917 g/mol. The van der Waals surface area contributed by atoms with Gasteiger partial charge in [-0.15, -0.1) is 0 Å². The molecular formula is C49H57F2N11O5. The van der Waals surface area contributed by atoms with Crippen molar-refractivity contribution in [3.05, 3.63) is 82.9 Å². The fourth-order valence-electron chi connectivity index (χ4n) is 10.1. The largest absolute Gasteiger partial charge is 0.384 e. The number of nitrogens with zero attached hydrogens (tertiary/aromatic N) is 8. The highest BCUT2D eigenvalue weighted by atomic mass is 19.3. The molecule has 352 valence electrons. The van der Waals surface area contributed by atoms with E-state index in [1.54, 1.807) is 49.4 Å². The van der Waals surface area contributed by atoms with Crippen molar-refractivity contribution in [2.45, 2.75) is 109 Å². The molecule has 3 N–H and O–H groups in total. The van der Waals surface area contributed by atoms with Crippen LogP contribution in [0.15, 0.2) is 55.0 Å². The number of pyridine rings is 1. The molecule has 5 amide bonds. The number of benzene rings is 2. The average molecular weight is 918 g/mol. The minimum atomic E-state index is -2.68. The number of halogens is 2. The number of imide groups is 1. The number of carbonyl (C=O) groups excluding carboxylic acids is 5. The van der Waals surface area contributed by atoms with Crippen molar-refractivity contribution in [2.24, 2.45) is 7.05 Å². The van der Waals surface area contributed by atoms with Crippen LogP contribution in [0.25, 0.3) is 22.0 Å². The summed E-state index contributed by atoms with van der Waals surface area (Å²) in [5.74, 6) is -0.415. The number of hydrogen-bond acceptors (Lipinski definition) is 10. The summed E-state index contributed by atoms with van der Waals surface area (Å²) in [6.45, 7) is 5.14. The van der Waals surface area contributed by atoms with Crippen molar-refractivity contribution < 1.29 is 32.8 Å². The van der Waals surface area contributed by atoms with E-state index in [4.69, 9.17) is 5.10 Å². The summed E-state index contributed by atoms with van der Waals surface area (Å²) in [5.41, 5.74) is 6.56. The first-order valence-electron chi connectivity index (χ1n) is 23.5. The minimum Gasteiger partial charge on any atom is -0.384 e. The van der Waals surface area contributed by atoms with E-state index in [-0.39, 0.29) is 42.2 Å². The molecule has 18 heteroatoms. The molecule has 3 aromatic heterocycles. The zero-order valence-corrected chi connectivity index (χ0v) is 38.0. The van der Waals surface area contributed by atoms with E-state index in [1.807, 2.05) is 34.1 Å². The van der Waals surface area contributed by atoms with Crippen molar-refractivity contribution in [1.82, 2.24) is 45.0 Å². The Morgan fingerprint density at radius 3 is 2.52 bits per heavy atom. The van der Waals surface area contributed by atoms with Crippen LogP contribution < -0.4 is 20.9 Å². The maximum absolute atomic E-state index is 14.7. The van der Waals surface area contributed by atoms with Gasteiger partial charge in [-0.2, -0.15) is 10.2 Å². The number of piperidine rings is 2. The van der Waals surface area contributed by atoms with Gasteiger partial charge in [-0.3, -0.25) is 43.6 Å². The number of unbranched alkanes of at least 4 members (excludes halogenated alkanes) is 3. The standard InChI is InChI=1S/C49H57F2N11O5/c1-30(63)60-24-18-41-38(29-60)47(61-21-8-9-31-25-36(32-27-54-58(2)28-32)37(46(50)51)26-42(31)61)57-62(41)33-16-22-59(23-17-33)44(65)11-5-3-4-6-19-52-39-13-12-35(45-34(39)10-7-20-53-45)48(66)55-40-14-15-43(64)56-49(40)67/h7,10,12-13,20,25-28,33,40,46,52H,3-6,8-9,11,14-19,21-24,29H2,1-2H3,(H,55,66)(H,56,64,67). The first kappa shape index (κ1) is 45.4. The molecule has 0 aliphatic carbocycles. The van der Waals surface area contributed by atoms with Gasteiger partial charge in [0, 0.05) is 117 Å². The third kappa shape index (κ3) is 9.61. The summed E-state index contributed by atoms with van der Waals surface area (Å²) < 4.78 is 33.2. The Morgan fingerprint density at radius 2 is 1.76 bits per heavy atom. The minimum absolute atomic E-state index is 0.0130. The Kier molecular flexibility index (Phi) is 13.3. The summed E-state index contributed by atoms with van der Waals surface area (Å²) in [4.78, 5) is 73.3. The van der Waals surface area contributed by atoms with Crippen LogP contribution in [-0.4, -0.2) is 103 Å². The summed E-state index contributed by atoms with van der Waals surface area (Å²) in [7, 11) is 1.77. The van der Waals surface area contributed by atoms with Gasteiger partial charge in [-0.1, -0.05) is 12.8 Å². The summed E-state index contributed by atoms with van der Waals surface area (Å²) in [6, 6.07) is 10.0. The normalized spacial score (nSPS) is 17.7. The molecule has 67 heavy (non-hydrogen) atoms. The number of aromatic nitrogens is 5. The third-order valence-electron chi connectivity index (χ3n) is 13.7. The van der Waals surface area contributed by atoms with Crippen LogP contribution in [0.5, 0.6) is 0 Å². The number of alkyl halides is 2. The zero-order valence-electron chi connectivity index (χ0n) is 38.0. The van der Waals surface area contributed by atoms with E-state index >= 15 is 0 Å². The highest BCUT2D eigenvalue weighted by Crippen LogP contribution is 2.44. The molecule has 0 saturated carbocycles. The van der Waals surface area contributed by atoms with E-state index < -0.39 is 24.3 Å².